The zero-order chi connectivity index (χ0) is 9.90. The van der Waals surface area contributed by atoms with Crippen LogP contribution in [0, 0.1) is 6.92 Å². The Hall–Kier alpha value is -0.940. The fraction of sp³-hybridized carbons (Fsp3) is 0.375. The predicted octanol–water partition coefficient (Wildman–Crippen LogP) is 0.122. The summed E-state index contributed by atoms with van der Waals surface area (Å²) in [5.74, 6) is -0.0174. The second-order valence-corrected chi connectivity index (χ2v) is 4.85. The first-order valence-corrected chi connectivity index (χ1v) is 5.57. The molecule has 0 radical (unpaired) electrons. The summed E-state index contributed by atoms with van der Waals surface area (Å²) >= 11 is 0. The Bertz CT molecular complexity index is 387. The van der Waals surface area contributed by atoms with Crippen molar-refractivity contribution in [3.8, 4) is 0 Å². The van der Waals surface area contributed by atoms with Crippen molar-refractivity contribution >= 4 is 9.84 Å². The molecule has 0 aromatic carbocycles. The van der Waals surface area contributed by atoms with Crippen LogP contribution in [0.5, 0.6) is 0 Å². The van der Waals surface area contributed by atoms with E-state index in [4.69, 9.17) is 5.73 Å². The van der Waals surface area contributed by atoms with Crippen molar-refractivity contribution < 1.29 is 8.42 Å². The predicted molar refractivity (Wildman–Crippen MR) is 50.1 cm³/mol. The second kappa shape index (κ2) is 3.85. The summed E-state index contributed by atoms with van der Waals surface area (Å²) in [6.45, 7) is 1.89. The van der Waals surface area contributed by atoms with Crippen LogP contribution in [0.4, 0.5) is 0 Å². The number of nitrogens with two attached hydrogens (primary N) is 1. The highest BCUT2D eigenvalue weighted by molar-refractivity contribution is 7.91. The lowest BCUT2D eigenvalue weighted by Gasteiger charge is -2.02. The minimum Gasteiger partial charge on any atom is -0.329 e. The van der Waals surface area contributed by atoms with Crippen LogP contribution in [-0.2, 0) is 9.84 Å². The van der Waals surface area contributed by atoms with Crippen LogP contribution in [0.15, 0.2) is 23.2 Å². The van der Waals surface area contributed by atoms with Crippen LogP contribution in [-0.4, -0.2) is 25.7 Å². The molecule has 0 atom stereocenters. The molecule has 0 fully saturated rings. The van der Waals surface area contributed by atoms with E-state index in [9.17, 15) is 8.42 Å². The van der Waals surface area contributed by atoms with Crippen molar-refractivity contribution in [1.82, 2.24) is 4.98 Å². The highest BCUT2D eigenvalue weighted by atomic mass is 32.2. The molecule has 0 bridgehead atoms. The van der Waals surface area contributed by atoms with Gasteiger partial charge in [0.2, 0.25) is 0 Å². The third-order valence-corrected chi connectivity index (χ3v) is 3.36. The molecule has 72 valence electrons. The number of rotatable bonds is 3. The van der Waals surface area contributed by atoms with E-state index in [0.29, 0.717) is 10.6 Å². The molecule has 0 unspecified atom stereocenters. The van der Waals surface area contributed by atoms with Crippen LogP contribution in [0.1, 0.15) is 5.69 Å². The molecule has 0 saturated heterocycles. The highest BCUT2D eigenvalue weighted by Gasteiger charge is 2.12. The summed E-state index contributed by atoms with van der Waals surface area (Å²) in [5, 5.41) is 0. The highest BCUT2D eigenvalue weighted by Crippen LogP contribution is 2.10. The molecule has 5 heteroatoms. The zero-order valence-corrected chi connectivity index (χ0v) is 8.21. The van der Waals surface area contributed by atoms with E-state index in [0.717, 1.165) is 0 Å². The van der Waals surface area contributed by atoms with Gasteiger partial charge in [-0.05, 0) is 19.1 Å². The largest absolute Gasteiger partial charge is 0.329 e. The Morgan fingerprint density at radius 2 is 2.23 bits per heavy atom. The second-order valence-electron chi connectivity index (χ2n) is 2.74. The summed E-state index contributed by atoms with van der Waals surface area (Å²) in [6, 6.07) is 3.03. The van der Waals surface area contributed by atoms with E-state index >= 15 is 0 Å². The average molecular weight is 200 g/mol. The molecule has 1 rings (SSSR count). The van der Waals surface area contributed by atoms with Gasteiger partial charge in [-0.15, -0.1) is 0 Å². The molecule has 0 saturated carbocycles. The summed E-state index contributed by atoms with van der Waals surface area (Å²) in [5.41, 5.74) is 5.89. The van der Waals surface area contributed by atoms with E-state index in [1.54, 1.807) is 13.0 Å². The van der Waals surface area contributed by atoms with Crippen LogP contribution in [0.3, 0.4) is 0 Å². The van der Waals surface area contributed by atoms with Gasteiger partial charge in [-0.25, -0.2) is 8.42 Å². The quantitative estimate of drug-likeness (QED) is 0.752. The number of aryl methyl sites for hydroxylation is 1. The first kappa shape index (κ1) is 10.1. The lowest BCUT2D eigenvalue weighted by Crippen LogP contribution is -2.15. The number of aromatic nitrogens is 1. The Morgan fingerprint density at radius 3 is 2.77 bits per heavy atom. The van der Waals surface area contributed by atoms with Gasteiger partial charge in [0.25, 0.3) is 0 Å². The summed E-state index contributed by atoms with van der Waals surface area (Å²) in [4.78, 5) is 4.21. The Morgan fingerprint density at radius 1 is 1.54 bits per heavy atom. The fourth-order valence-corrected chi connectivity index (χ4v) is 2.15. The summed E-state index contributed by atoms with van der Waals surface area (Å²) in [7, 11) is -3.20. The van der Waals surface area contributed by atoms with Gasteiger partial charge in [0.1, 0.15) is 0 Å². The van der Waals surface area contributed by atoms with Crippen molar-refractivity contribution in [2.75, 3.05) is 12.3 Å². The number of hydrogen-bond acceptors (Lipinski definition) is 4. The maximum atomic E-state index is 11.5. The molecule has 1 heterocycles. The van der Waals surface area contributed by atoms with Crippen molar-refractivity contribution in [2.45, 2.75) is 11.8 Å². The number of sulfone groups is 1. The van der Waals surface area contributed by atoms with Crippen LogP contribution in [0.25, 0.3) is 0 Å². The lowest BCUT2D eigenvalue weighted by molar-refractivity contribution is 0.595. The average Bonchev–Trinajstić information content (AvgIpc) is 2.04. The number of hydrogen-bond donors (Lipinski definition) is 1. The van der Waals surface area contributed by atoms with Gasteiger partial charge in [0.05, 0.1) is 10.6 Å². The molecule has 2 N–H and O–H groups in total. The molecule has 13 heavy (non-hydrogen) atoms. The Labute approximate surface area is 77.7 Å². The number of nitrogens with zero attached hydrogens (tertiary/aromatic N) is 1. The normalized spacial score (nSPS) is 11.5. The molecule has 0 aliphatic heterocycles. The molecule has 0 spiro atoms. The lowest BCUT2D eigenvalue weighted by atomic mass is 10.4. The molecule has 0 aliphatic rings. The summed E-state index contributed by atoms with van der Waals surface area (Å²) < 4.78 is 23.0. The topological polar surface area (TPSA) is 73.0 Å². The fourth-order valence-electron chi connectivity index (χ4n) is 0.986. The maximum Gasteiger partial charge on any atom is 0.179 e. The van der Waals surface area contributed by atoms with Gasteiger partial charge in [-0.3, -0.25) is 4.98 Å². The first-order valence-electron chi connectivity index (χ1n) is 3.92. The van der Waals surface area contributed by atoms with Crippen molar-refractivity contribution in [3.63, 3.8) is 0 Å². The van der Waals surface area contributed by atoms with E-state index < -0.39 is 9.84 Å². The molecule has 0 amide bonds. The van der Waals surface area contributed by atoms with Gasteiger partial charge in [-0.2, -0.15) is 0 Å². The van der Waals surface area contributed by atoms with Gasteiger partial charge in [0.15, 0.2) is 9.84 Å². The van der Waals surface area contributed by atoms with Gasteiger partial charge >= 0.3 is 0 Å². The smallest absolute Gasteiger partial charge is 0.179 e. The van der Waals surface area contributed by atoms with Crippen molar-refractivity contribution in [1.29, 1.82) is 0 Å². The molecule has 1 aromatic heterocycles. The molecule has 4 nitrogen and oxygen atoms in total. The third-order valence-electron chi connectivity index (χ3n) is 1.61. The maximum absolute atomic E-state index is 11.5. The van der Waals surface area contributed by atoms with Crippen LogP contribution in [0.2, 0.25) is 0 Å². The van der Waals surface area contributed by atoms with E-state index in [2.05, 4.69) is 4.98 Å². The van der Waals surface area contributed by atoms with Crippen LogP contribution >= 0.6 is 0 Å². The van der Waals surface area contributed by atoms with Crippen LogP contribution < -0.4 is 5.73 Å². The first-order chi connectivity index (χ1) is 6.06. The van der Waals surface area contributed by atoms with Gasteiger partial charge in [0, 0.05) is 18.4 Å². The molecular weight excluding hydrogens is 188 g/mol. The van der Waals surface area contributed by atoms with Crippen molar-refractivity contribution in [2.24, 2.45) is 5.73 Å². The van der Waals surface area contributed by atoms with Gasteiger partial charge in [-0.1, -0.05) is 0 Å². The minimum atomic E-state index is -3.20. The number of pyridine rings is 1. The molecule has 1 aromatic rings. The standard InChI is InChI=1S/C8H12N2O2S/c1-7-6-8(2-4-10-7)13(11,12)5-3-9/h2,4,6H,3,5,9H2,1H3. The van der Waals surface area contributed by atoms with E-state index in [-0.39, 0.29) is 12.3 Å². The minimum absolute atomic E-state index is 0.0174. The summed E-state index contributed by atoms with van der Waals surface area (Å²) in [6.07, 6.45) is 1.48. The van der Waals surface area contributed by atoms with Crippen molar-refractivity contribution in [3.05, 3.63) is 24.0 Å². The van der Waals surface area contributed by atoms with Gasteiger partial charge < -0.3 is 5.73 Å². The molecule has 0 aliphatic carbocycles. The van der Waals surface area contributed by atoms with E-state index in [1.807, 2.05) is 0 Å². The Balaban J connectivity index is 3.08. The zero-order valence-electron chi connectivity index (χ0n) is 7.40. The monoisotopic (exact) mass is 200 g/mol. The SMILES string of the molecule is Cc1cc(S(=O)(=O)CCN)ccn1. The Kier molecular flexibility index (Phi) is 3.00. The third kappa shape index (κ3) is 2.50. The van der Waals surface area contributed by atoms with E-state index in [1.165, 1.54) is 12.3 Å². The molecular formula is C8H12N2O2S.